The lowest BCUT2D eigenvalue weighted by molar-refractivity contribution is -0.288. The van der Waals surface area contributed by atoms with Crippen molar-refractivity contribution in [2.75, 3.05) is 0 Å². The summed E-state index contributed by atoms with van der Waals surface area (Å²) in [5, 5.41) is 36.3. The van der Waals surface area contributed by atoms with Crippen LogP contribution < -0.4 is 0 Å². The van der Waals surface area contributed by atoms with Crippen LogP contribution in [0.25, 0.3) is 0 Å². The SMILES string of the molecule is N#Cc1ccc(C(c2ccc(C#N)cc2C(=O)O)(C(F)(F)F)C(F)(F)F)c(C(=O)O)c1. The van der Waals surface area contributed by atoms with Crippen molar-refractivity contribution in [3.63, 3.8) is 0 Å². The number of aromatic carboxylic acids is 2. The van der Waals surface area contributed by atoms with Crippen molar-refractivity contribution in [3.05, 3.63) is 69.8 Å². The third kappa shape index (κ3) is 3.64. The van der Waals surface area contributed by atoms with Gasteiger partial charge < -0.3 is 10.2 Å². The highest BCUT2D eigenvalue weighted by Gasteiger charge is 2.74. The zero-order valence-corrected chi connectivity index (χ0v) is 14.8. The molecule has 0 unspecified atom stereocenters. The van der Waals surface area contributed by atoms with Gasteiger partial charge in [0, 0.05) is 0 Å². The molecule has 0 saturated heterocycles. The number of hydrogen-bond acceptors (Lipinski definition) is 4. The summed E-state index contributed by atoms with van der Waals surface area (Å²) in [6.07, 6.45) is -12.6. The molecule has 6 nitrogen and oxygen atoms in total. The first-order valence-corrected chi connectivity index (χ1v) is 7.91. The Labute approximate surface area is 169 Å². The molecule has 0 amide bonds. The molecule has 2 rings (SSSR count). The second-order valence-electron chi connectivity index (χ2n) is 6.10. The van der Waals surface area contributed by atoms with Gasteiger partial charge in [-0.3, -0.25) is 0 Å². The fraction of sp³-hybridized carbons (Fsp3) is 0.158. The number of benzene rings is 2. The van der Waals surface area contributed by atoms with Gasteiger partial charge in [0.05, 0.1) is 34.4 Å². The van der Waals surface area contributed by atoms with Gasteiger partial charge in [-0.05, 0) is 35.4 Å². The molecule has 0 aromatic heterocycles. The van der Waals surface area contributed by atoms with Gasteiger partial charge in [0.15, 0.2) is 0 Å². The number of nitriles is 2. The Morgan fingerprint density at radius 2 is 1.03 bits per heavy atom. The third-order valence-electron chi connectivity index (χ3n) is 4.42. The predicted molar refractivity (Wildman–Crippen MR) is 89.1 cm³/mol. The molecule has 0 radical (unpaired) electrons. The van der Waals surface area contributed by atoms with Crippen LogP contribution in [-0.4, -0.2) is 34.5 Å². The van der Waals surface area contributed by atoms with Gasteiger partial charge in [-0.1, -0.05) is 12.1 Å². The molecular weight excluding hydrogens is 434 g/mol. The summed E-state index contributed by atoms with van der Waals surface area (Å²) in [5.41, 5.74) is -12.8. The summed E-state index contributed by atoms with van der Waals surface area (Å²) in [6.45, 7) is 0. The number of halogens is 6. The lowest BCUT2D eigenvalue weighted by Crippen LogP contribution is -2.56. The Bertz CT molecular complexity index is 1060. The monoisotopic (exact) mass is 442 g/mol. The number of carboxylic acid groups (broad SMARTS) is 2. The van der Waals surface area contributed by atoms with Gasteiger partial charge in [-0.2, -0.15) is 36.9 Å². The Balaban J connectivity index is 3.22. The Kier molecular flexibility index (Phi) is 5.73. The highest BCUT2D eigenvalue weighted by molar-refractivity contribution is 5.93. The van der Waals surface area contributed by atoms with E-state index in [0.717, 1.165) is 0 Å². The van der Waals surface area contributed by atoms with Crippen LogP contribution in [-0.2, 0) is 5.41 Å². The van der Waals surface area contributed by atoms with Crippen LogP contribution in [0.2, 0.25) is 0 Å². The van der Waals surface area contributed by atoms with Crippen molar-refractivity contribution in [2.24, 2.45) is 0 Å². The van der Waals surface area contributed by atoms with Crippen LogP contribution in [0.15, 0.2) is 36.4 Å². The zero-order chi connectivity index (χ0) is 23.8. The Hall–Kier alpha value is -4.06. The van der Waals surface area contributed by atoms with Crippen LogP contribution in [0, 0.1) is 22.7 Å². The topological polar surface area (TPSA) is 122 Å². The number of carbonyl (C=O) groups is 2. The Morgan fingerprint density at radius 3 is 1.26 bits per heavy atom. The van der Waals surface area contributed by atoms with E-state index in [1.54, 1.807) is 0 Å². The minimum atomic E-state index is -6.28. The maximum atomic E-state index is 14.3. The van der Waals surface area contributed by atoms with E-state index in [4.69, 9.17) is 10.5 Å². The van der Waals surface area contributed by atoms with E-state index in [-0.39, 0.29) is 12.1 Å². The second kappa shape index (κ2) is 7.65. The summed E-state index contributed by atoms with van der Waals surface area (Å²) < 4.78 is 85.6. The fourth-order valence-corrected chi connectivity index (χ4v) is 3.15. The van der Waals surface area contributed by atoms with Crippen LogP contribution in [0.1, 0.15) is 43.0 Å². The summed E-state index contributed by atoms with van der Waals surface area (Å²) in [4.78, 5) is 23.1. The second-order valence-corrected chi connectivity index (χ2v) is 6.10. The summed E-state index contributed by atoms with van der Waals surface area (Å²) in [6, 6.07) is 4.92. The van der Waals surface area contributed by atoms with E-state index >= 15 is 0 Å². The number of nitrogens with zero attached hydrogens (tertiary/aromatic N) is 2. The molecule has 0 fully saturated rings. The normalized spacial score (nSPS) is 12.0. The van der Waals surface area contributed by atoms with E-state index in [1.807, 2.05) is 0 Å². The smallest absolute Gasteiger partial charge is 0.411 e. The molecule has 0 aliphatic heterocycles. The molecule has 0 bridgehead atoms. The summed E-state index contributed by atoms with van der Waals surface area (Å²) in [5.74, 6) is -4.40. The zero-order valence-electron chi connectivity index (χ0n) is 14.8. The highest BCUT2D eigenvalue weighted by atomic mass is 19.4. The molecule has 0 aliphatic carbocycles. The quantitative estimate of drug-likeness (QED) is 0.683. The fourth-order valence-electron chi connectivity index (χ4n) is 3.15. The molecule has 31 heavy (non-hydrogen) atoms. The molecule has 2 aromatic carbocycles. The number of alkyl halides is 6. The largest absolute Gasteiger partial charge is 0.478 e. The first kappa shape index (κ1) is 23.2. The van der Waals surface area contributed by atoms with Crippen molar-refractivity contribution >= 4 is 11.9 Å². The van der Waals surface area contributed by atoms with E-state index in [2.05, 4.69) is 0 Å². The summed E-state index contributed by atoms with van der Waals surface area (Å²) >= 11 is 0. The first-order chi connectivity index (χ1) is 14.2. The van der Waals surface area contributed by atoms with E-state index in [0.29, 0.717) is 24.3 Å². The minimum Gasteiger partial charge on any atom is -0.478 e. The van der Waals surface area contributed by atoms with Gasteiger partial charge in [0.1, 0.15) is 0 Å². The van der Waals surface area contributed by atoms with Gasteiger partial charge in [-0.25, -0.2) is 9.59 Å². The molecule has 0 saturated carbocycles. The van der Waals surface area contributed by atoms with Gasteiger partial charge in [0.2, 0.25) is 5.41 Å². The first-order valence-electron chi connectivity index (χ1n) is 7.91. The van der Waals surface area contributed by atoms with E-state index in [9.17, 15) is 46.1 Å². The molecular formula is C19H8F6N2O4. The Morgan fingerprint density at radius 1 is 0.710 bits per heavy atom. The van der Waals surface area contributed by atoms with Crippen molar-refractivity contribution in [1.29, 1.82) is 10.5 Å². The highest BCUT2D eigenvalue weighted by Crippen LogP contribution is 2.57. The van der Waals surface area contributed by atoms with Crippen molar-refractivity contribution in [1.82, 2.24) is 0 Å². The maximum absolute atomic E-state index is 14.3. The lowest BCUT2D eigenvalue weighted by atomic mass is 9.69. The van der Waals surface area contributed by atoms with Gasteiger partial charge in [0.25, 0.3) is 0 Å². The molecule has 0 atom stereocenters. The number of rotatable bonds is 4. The number of carboxylic acids is 2. The van der Waals surface area contributed by atoms with Crippen molar-refractivity contribution < 1.29 is 46.1 Å². The number of hydrogen-bond donors (Lipinski definition) is 2. The molecule has 0 spiro atoms. The molecule has 0 heterocycles. The van der Waals surface area contributed by atoms with Crippen LogP contribution in [0.3, 0.4) is 0 Å². The maximum Gasteiger partial charge on any atom is 0.411 e. The van der Waals surface area contributed by atoms with Crippen LogP contribution in [0.4, 0.5) is 26.3 Å². The van der Waals surface area contributed by atoms with E-state index in [1.165, 1.54) is 12.1 Å². The molecule has 160 valence electrons. The molecule has 2 N–H and O–H groups in total. The minimum absolute atomic E-state index is 0.173. The van der Waals surface area contributed by atoms with Crippen molar-refractivity contribution in [2.45, 2.75) is 17.8 Å². The average Bonchev–Trinajstić information content (AvgIpc) is 2.66. The van der Waals surface area contributed by atoms with Crippen molar-refractivity contribution in [3.8, 4) is 12.1 Å². The van der Waals surface area contributed by atoms with Crippen LogP contribution in [0.5, 0.6) is 0 Å². The molecule has 0 aliphatic rings. The summed E-state index contributed by atoms with van der Waals surface area (Å²) in [7, 11) is 0. The van der Waals surface area contributed by atoms with Gasteiger partial charge >= 0.3 is 24.3 Å². The molecule has 12 heteroatoms. The predicted octanol–water partition coefficient (Wildman–Crippen LogP) is 4.24. The lowest BCUT2D eigenvalue weighted by Gasteiger charge is -2.39. The third-order valence-corrected chi connectivity index (χ3v) is 4.42. The molecule has 2 aromatic rings. The standard InChI is InChI=1S/C19H8F6N2O4/c20-18(21,22)17(19(23,24)25,13-3-1-9(7-26)5-11(13)15(28)29)14-4-2-10(8-27)6-12(14)16(30)31/h1-6H,(H,28,29)(H,30,31). The van der Waals surface area contributed by atoms with Crippen LogP contribution >= 0.6 is 0 Å². The van der Waals surface area contributed by atoms with Gasteiger partial charge in [-0.15, -0.1) is 0 Å². The van der Waals surface area contributed by atoms with E-state index < -0.39 is 63.1 Å². The average molecular weight is 442 g/mol.